The summed E-state index contributed by atoms with van der Waals surface area (Å²) in [5.41, 5.74) is 5.54. The lowest BCUT2D eigenvalue weighted by atomic mass is 10.1. The highest BCUT2D eigenvalue weighted by molar-refractivity contribution is 5.79. The van der Waals surface area contributed by atoms with E-state index in [0.717, 1.165) is 25.2 Å². The van der Waals surface area contributed by atoms with E-state index in [1.165, 1.54) is 25.8 Å². The van der Waals surface area contributed by atoms with E-state index in [2.05, 4.69) is 23.8 Å². The Morgan fingerprint density at radius 3 is 2.75 bits per heavy atom. The molecule has 3 atom stereocenters. The van der Waals surface area contributed by atoms with Crippen LogP contribution < -0.4 is 5.73 Å². The lowest BCUT2D eigenvalue weighted by Crippen LogP contribution is -2.40. The summed E-state index contributed by atoms with van der Waals surface area (Å²) in [6.45, 7) is 5.33. The van der Waals surface area contributed by atoms with Gasteiger partial charge < -0.3 is 10.6 Å². The molecule has 16 heavy (non-hydrogen) atoms. The molecule has 92 valence electrons. The van der Waals surface area contributed by atoms with Gasteiger partial charge in [-0.25, -0.2) is 0 Å². The van der Waals surface area contributed by atoms with Crippen molar-refractivity contribution in [1.29, 1.82) is 5.41 Å². The van der Waals surface area contributed by atoms with Gasteiger partial charge in [0.1, 0.15) is 0 Å². The number of nitrogens with two attached hydrogens (primary N) is 1. The molecule has 3 N–H and O–H groups in total. The number of likely N-dealkylation sites (N-methyl/N-ethyl adjacent to an activating group) is 1. The van der Waals surface area contributed by atoms with Gasteiger partial charge in [-0.05, 0) is 32.9 Å². The molecule has 0 radical (unpaired) electrons. The fourth-order valence-corrected chi connectivity index (χ4v) is 3.03. The number of likely N-dealkylation sites (tertiary alicyclic amines) is 1. The van der Waals surface area contributed by atoms with Gasteiger partial charge in [0.05, 0.1) is 5.84 Å². The summed E-state index contributed by atoms with van der Waals surface area (Å²) in [4.78, 5) is 5.05. The Balaban J connectivity index is 1.91. The predicted molar refractivity (Wildman–Crippen MR) is 66.7 cm³/mol. The van der Waals surface area contributed by atoms with Gasteiger partial charge in [-0.3, -0.25) is 10.3 Å². The maximum absolute atomic E-state index is 7.46. The minimum absolute atomic E-state index is 0.196. The lowest BCUT2D eigenvalue weighted by Gasteiger charge is -2.27. The molecule has 0 aromatic rings. The lowest BCUT2D eigenvalue weighted by molar-refractivity contribution is 0.212. The molecule has 0 amide bonds. The smallest absolute Gasteiger partial charge is 0.0947 e. The normalized spacial score (nSPS) is 33.6. The fourth-order valence-electron chi connectivity index (χ4n) is 3.03. The van der Waals surface area contributed by atoms with Crippen molar-refractivity contribution in [3.8, 4) is 0 Å². The molecule has 0 saturated carbocycles. The molecule has 2 aliphatic heterocycles. The van der Waals surface area contributed by atoms with E-state index in [4.69, 9.17) is 11.1 Å². The van der Waals surface area contributed by atoms with Crippen molar-refractivity contribution >= 4 is 5.84 Å². The number of fused-ring (bicyclic) bond motifs is 2. The quantitative estimate of drug-likeness (QED) is 0.549. The average Bonchev–Trinajstić information content (AvgIpc) is 2.46. The molecule has 2 aliphatic rings. The van der Waals surface area contributed by atoms with Crippen molar-refractivity contribution in [3.05, 3.63) is 0 Å². The van der Waals surface area contributed by atoms with Crippen molar-refractivity contribution in [2.24, 2.45) is 11.7 Å². The zero-order valence-electron chi connectivity index (χ0n) is 10.4. The second kappa shape index (κ2) is 4.72. The summed E-state index contributed by atoms with van der Waals surface area (Å²) in [5, 5.41) is 7.46. The number of hydrogen-bond acceptors (Lipinski definition) is 3. The number of hydrogen-bond donors (Lipinski definition) is 2. The third-order valence-electron chi connectivity index (χ3n) is 4.30. The van der Waals surface area contributed by atoms with Crippen LogP contribution in [0.25, 0.3) is 0 Å². The molecule has 4 nitrogen and oxygen atoms in total. The molecule has 2 heterocycles. The predicted octanol–water partition coefficient (Wildman–Crippen LogP) is 0.727. The first kappa shape index (κ1) is 11.9. The summed E-state index contributed by atoms with van der Waals surface area (Å²) in [5.74, 6) is 0.518. The Morgan fingerprint density at radius 2 is 2.06 bits per heavy atom. The minimum atomic E-state index is 0.196. The number of amidine groups is 1. The van der Waals surface area contributed by atoms with Gasteiger partial charge in [-0.15, -0.1) is 0 Å². The Morgan fingerprint density at radius 1 is 1.38 bits per heavy atom. The second-order valence-corrected chi connectivity index (χ2v) is 5.46. The first-order valence-corrected chi connectivity index (χ1v) is 6.36. The van der Waals surface area contributed by atoms with Crippen molar-refractivity contribution in [2.75, 3.05) is 26.7 Å². The highest BCUT2D eigenvalue weighted by Gasteiger charge is 2.34. The third-order valence-corrected chi connectivity index (χ3v) is 4.30. The summed E-state index contributed by atoms with van der Waals surface area (Å²) >= 11 is 0. The van der Waals surface area contributed by atoms with Crippen LogP contribution in [0, 0.1) is 11.3 Å². The van der Waals surface area contributed by atoms with Crippen molar-refractivity contribution in [2.45, 2.75) is 38.3 Å². The SMILES string of the molecule is CC(CN1CCC2CCC(C1)N2C)C(=N)N. The van der Waals surface area contributed by atoms with Crippen LogP contribution in [-0.4, -0.2) is 54.4 Å². The molecule has 4 heteroatoms. The fraction of sp³-hybridized carbons (Fsp3) is 0.917. The van der Waals surface area contributed by atoms with Crippen molar-refractivity contribution in [1.82, 2.24) is 9.80 Å². The van der Waals surface area contributed by atoms with Gasteiger partial charge in [-0.2, -0.15) is 0 Å². The number of rotatable bonds is 3. The third kappa shape index (κ3) is 2.38. The van der Waals surface area contributed by atoms with Gasteiger partial charge in [0.2, 0.25) is 0 Å². The van der Waals surface area contributed by atoms with Crippen LogP contribution in [0.15, 0.2) is 0 Å². The van der Waals surface area contributed by atoms with E-state index in [1.54, 1.807) is 0 Å². The first-order valence-electron chi connectivity index (χ1n) is 6.36. The monoisotopic (exact) mass is 224 g/mol. The summed E-state index contributed by atoms with van der Waals surface area (Å²) < 4.78 is 0. The maximum Gasteiger partial charge on any atom is 0.0947 e. The molecule has 2 fully saturated rings. The van der Waals surface area contributed by atoms with Gasteiger partial charge in [0.15, 0.2) is 0 Å². The Hall–Kier alpha value is -0.610. The number of nitrogens with one attached hydrogen (secondary N) is 1. The Bertz CT molecular complexity index is 266. The van der Waals surface area contributed by atoms with E-state index in [-0.39, 0.29) is 5.92 Å². The molecule has 0 spiro atoms. The summed E-state index contributed by atoms with van der Waals surface area (Å²) in [7, 11) is 2.26. The molecule has 0 aromatic heterocycles. The zero-order chi connectivity index (χ0) is 11.7. The van der Waals surface area contributed by atoms with Crippen LogP contribution in [0.5, 0.6) is 0 Å². The van der Waals surface area contributed by atoms with Crippen LogP contribution in [0.4, 0.5) is 0 Å². The topological polar surface area (TPSA) is 56.4 Å². The largest absolute Gasteiger partial charge is 0.387 e. The van der Waals surface area contributed by atoms with E-state index < -0.39 is 0 Å². The second-order valence-electron chi connectivity index (χ2n) is 5.46. The van der Waals surface area contributed by atoms with Gasteiger partial charge in [0, 0.05) is 31.1 Å². The van der Waals surface area contributed by atoms with Crippen molar-refractivity contribution < 1.29 is 0 Å². The molecule has 0 aliphatic carbocycles. The van der Waals surface area contributed by atoms with E-state index in [1.807, 2.05) is 0 Å². The number of nitrogens with zero attached hydrogens (tertiary/aromatic N) is 2. The summed E-state index contributed by atoms with van der Waals surface area (Å²) in [6, 6.07) is 1.52. The van der Waals surface area contributed by atoms with Crippen molar-refractivity contribution in [3.63, 3.8) is 0 Å². The first-order chi connectivity index (χ1) is 7.58. The standard InChI is InChI=1S/C12H24N4/c1-9(12(13)14)7-16-6-5-10-3-4-11(8-16)15(10)2/h9-11H,3-8H2,1-2H3,(H3,13,14). The molecule has 0 aromatic carbocycles. The van der Waals surface area contributed by atoms with Crippen LogP contribution in [-0.2, 0) is 0 Å². The van der Waals surface area contributed by atoms with Crippen LogP contribution in [0.3, 0.4) is 0 Å². The van der Waals surface area contributed by atoms with E-state index in [9.17, 15) is 0 Å². The molecular formula is C12H24N4. The Labute approximate surface area is 98.3 Å². The molecule has 2 rings (SSSR count). The van der Waals surface area contributed by atoms with Crippen LogP contribution >= 0.6 is 0 Å². The van der Waals surface area contributed by atoms with Crippen LogP contribution in [0.1, 0.15) is 26.2 Å². The highest BCUT2D eigenvalue weighted by Crippen LogP contribution is 2.28. The van der Waals surface area contributed by atoms with Gasteiger partial charge in [-0.1, -0.05) is 6.92 Å². The minimum Gasteiger partial charge on any atom is -0.387 e. The summed E-state index contributed by atoms with van der Waals surface area (Å²) in [6.07, 6.45) is 3.99. The highest BCUT2D eigenvalue weighted by atomic mass is 15.3. The van der Waals surface area contributed by atoms with Crippen LogP contribution in [0.2, 0.25) is 0 Å². The average molecular weight is 224 g/mol. The van der Waals surface area contributed by atoms with E-state index in [0.29, 0.717) is 5.84 Å². The molecule has 2 saturated heterocycles. The zero-order valence-corrected chi connectivity index (χ0v) is 10.4. The molecular weight excluding hydrogens is 200 g/mol. The maximum atomic E-state index is 7.46. The van der Waals surface area contributed by atoms with E-state index >= 15 is 0 Å². The van der Waals surface area contributed by atoms with Gasteiger partial charge >= 0.3 is 0 Å². The van der Waals surface area contributed by atoms with Gasteiger partial charge in [0.25, 0.3) is 0 Å². The molecule has 3 unspecified atom stereocenters. The molecule has 2 bridgehead atoms. The Kier molecular flexibility index (Phi) is 3.50.